The van der Waals surface area contributed by atoms with Crippen LogP contribution in [-0.2, 0) is 15.0 Å². The highest BCUT2D eigenvalue weighted by molar-refractivity contribution is 8.76. The first-order valence-electron chi connectivity index (χ1n) is 7.15. The summed E-state index contributed by atoms with van der Waals surface area (Å²) in [4.78, 5) is 22.7. The van der Waals surface area contributed by atoms with Crippen molar-refractivity contribution in [3.63, 3.8) is 0 Å². The monoisotopic (exact) mass is 341 g/mol. The van der Waals surface area contributed by atoms with E-state index in [4.69, 9.17) is 5.11 Å². The highest BCUT2D eigenvalue weighted by Gasteiger charge is 2.29. The van der Waals surface area contributed by atoms with Gasteiger partial charge in [-0.05, 0) is 26.3 Å². The van der Waals surface area contributed by atoms with Crippen molar-refractivity contribution in [2.45, 2.75) is 32.6 Å². The zero-order valence-electron chi connectivity index (χ0n) is 13.2. The van der Waals surface area contributed by atoms with Gasteiger partial charge in [0.05, 0.1) is 11.8 Å². The third-order valence-electron chi connectivity index (χ3n) is 3.26. The van der Waals surface area contributed by atoms with E-state index in [2.05, 4.69) is 5.32 Å². The fourth-order valence-electron chi connectivity index (χ4n) is 1.84. The molecule has 0 fully saturated rings. The number of aliphatic carboxylic acids is 1. The average molecular weight is 341 g/mol. The molecular formula is C16H23NO3S2. The van der Waals surface area contributed by atoms with Crippen molar-refractivity contribution < 1.29 is 14.7 Å². The molecule has 0 radical (unpaired) electrons. The number of rotatable bonds is 9. The second-order valence-corrected chi connectivity index (χ2v) is 8.24. The molecule has 0 bridgehead atoms. The van der Waals surface area contributed by atoms with Crippen LogP contribution < -0.4 is 5.32 Å². The fourth-order valence-corrected chi connectivity index (χ4v) is 3.73. The van der Waals surface area contributed by atoms with Crippen molar-refractivity contribution in [3.05, 3.63) is 35.4 Å². The predicted octanol–water partition coefficient (Wildman–Crippen LogP) is 3.24. The summed E-state index contributed by atoms with van der Waals surface area (Å²) < 4.78 is 0. The van der Waals surface area contributed by atoms with Gasteiger partial charge in [-0.3, -0.25) is 9.59 Å². The molecule has 0 aliphatic heterocycles. The van der Waals surface area contributed by atoms with Crippen LogP contribution in [0.5, 0.6) is 0 Å². The van der Waals surface area contributed by atoms with Gasteiger partial charge < -0.3 is 10.4 Å². The van der Waals surface area contributed by atoms with E-state index >= 15 is 0 Å². The Morgan fingerprint density at radius 2 is 1.91 bits per heavy atom. The molecule has 0 aliphatic rings. The van der Waals surface area contributed by atoms with Gasteiger partial charge in [0, 0.05) is 18.1 Å². The van der Waals surface area contributed by atoms with Crippen LogP contribution in [0.4, 0.5) is 0 Å². The van der Waals surface area contributed by atoms with Gasteiger partial charge in [-0.15, -0.1) is 0 Å². The highest BCUT2D eigenvalue weighted by atomic mass is 33.1. The summed E-state index contributed by atoms with van der Waals surface area (Å²) in [5, 5.41) is 11.5. The molecule has 6 heteroatoms. The van der Waals surface area contributed by atoms with E-state index in [1.54, 1.807) is 10.8 Å². The van der Waals surface area contributed by atoms with E-state index in [9.17, 15) is 9.59 Å². The Kier molecular flexibility index (Phi) is 7.82. The van der Waals surface area contributed by atoms with Gasteiger partial charge in [0.25, 0.3) is 0 Å². The van der Waals surface area contributed by atoms with Gasteiger partial charge in [-0.1, -0.05) is 51.4 Å². The van der Waals surface area contributed by atoms with Crippen LogP contribution in [0.3, 0.4) is 0 Å². The molecule has 0 aromatic heterocycles. The minimum absolute atomic E-state index is 0.00855. The smallest absolute Gasteiger partial charge is 0.304 e. The first kappa shape index (κ1) is 18.9. The predicted molar refractivity (Wildman–Crippen MR) is 94.4 cm³/mol. The van der Waals surface area contributed by atoms with E-state index in [0.717, 1.165) is 16.9 Å². The van der Waals surface area contributed by atoms with Crippen molar-refractivity contribution in [1.29, 1.82) is 0 Å². The van der Waals surface area contributed by atoms with Gasteiger partial charge in [0.2, 0.25) is 5.91 Å². The Labute approximate surface area is 139 Å². The van der Waals surface area contributed by atoms with Gasteiger partial charge in [-0.2, -0.15) is 0 Å². The van der Waals surface area contributed by atoms with Gasteiger partial charge in [0.1, 0.15) is 0 Å². The normalized spacial score (nSPS) is 11.2. The number of amides is 1. The van der Waals surface area contributed by atoms with Gasteiger partial charge in [-0.25, -0.2) is 0 Å². The van der Waals surface area contributed by atoms with Crippen LogP contribution in [0.15, 0.2) is 24.3 Å². The minimum atomic E-state index is -0.777. The molecule has 0 spiro atoms. The van der Waals surface area contributed by atoms with E-state index < -0.39 is 11.4 Å². The van der Waals surface area contributed by atoms with Crippen LogP contribution >= 0.6 is 21.6 Å². The number of aryl methyl sites for hydroxylation is 1. The average Bonchev–Trinajstić information content (AvgIpc) is 2.45. The van der Waals surface area contributed by atoms with Crippen molar-refractivity contribution in [2.75, 3.05) is 18.1 Å². The maximum Gasteiger partial charge on any atom is 0.304 e. The van der Waals surface area contributed by atoms with E-state index in [1.807, 2.05) is 45.0 Å². The number of carbonyl (C=O) groups excluding carboxylic acids is 1. The summed E-state index contributed by atoms with van der Waals surface area (Å²) in [6.07, 6.45) is 0.171. The van der Waals surface area contributed by atoms with E-state index in [-0.39, 0.29) is 12.3 Å². The lowest BCUT2D eigenvalue weighted by molar-refractivity contribution is -0.136. The summed E-state index contributed by atoms with van der Waals surface area (Å²) in [7, 11) is 3.11. The number of carboxylic acids is 1. The molecule has 1 aromatic carbocycles. The Hall–Kier alpha value is -1.14. The summed E-state index contributed by atoms with van der Waals surface area (Å²) >= 11 is 0. The molecule has 1 aromatic rings. The van der Waals surface area contributed by atoms with Crippen LogP contribution in [-0.4, -0.2) is 35.0 Å². The first-order valence-corrected chi connectivity index (χ1v) is 9.64. The molecule has 1 amide bonds. The molecule has 0 saturated carbocycles. The standard InChI is InChI=1S/C16H23NO3S2/c1-12-5-4-6-13(11-12)16(2,3)15(20)17-8-10-22-21-9-7-14(18)19/h4-6,11H,7-10H2,1-3H3,(H,17,20)(H,18,19). The Morgan fingerprint density at radius 3 is 2.55 bits per heavy atom. The highest BCUT2D eigenvalue weighted by Crippen LogP contribution is 2.24. The van der Waals surface area contributed by atoms with Crippen LogP contribution in [0.1, 0.15) is 31.4 Å². The molecule has 22 heavy (non-hydrogen) atoms. The molecule has 2 N–H and O–H groups in total. The Balaban J connectivity index is 2.34. The molecule has 0 heterocycles. The summed E-state index contributed by atoms with van der Waals surface area (Å²) in [6.45, 7) is 6.44. The largest absolute Gasteiger partial charge is 0.481 e. The zero-order valence-corrected chi connectivity index (χ0v) is 14.9. The van der Waals surface area contributed by atoms with Crippen LogP contribution in [0, 0.1) is 6.92 Å². The molecule has 122 valence electrons. The third-order valence-corrected chi connectivity index (χ3v) is 5.67. The van der Waals surface area contributed by atoms with Crippen molar-refractivity contribution in [1.82, 2.24) is 5.32 Å². The first-order chi connectivity index (χ1) is 10.3. The fraction of sp³-hybridized carbons (Fsp3) is 0.500. The molecule has 0 saturated heterocycles. The SMILES string of the molecule is Cc1cccc(C(C)(C)C(=O)NCCSSCCC(=O)O)c1. The summed E-state index contributed by atoms with van der Waals surface area (Å²) in [5.74, 6) is 0.582. The number of hydrogen-bond acceptors (Lipinski definition) is 4. The number of hydrogen-bond donors (Lipinski definition) is 2. The summed E-state index contributed by atoms with van der Waals surface area (Å²) in [5.41, 5.74) is 1.59. The van der Waals surface area contributed by atoms with E-state index in [0.29, 0.717) is 12.3 Å². The minimum Gasteiger partial charge on any atom is -0.481 e. The van der Waals surface area contributed by atoms with Gasteiger partial charge in [0.15, 0.2) is 0 Å². The molecular weight excluding hydrogens is 318 g/mol. The number of carbonyl (C=O) groups is 2. The maximum absolute atomic E-state index is 12.3. The lowest BCUT2D eigenvalue weighted by Crippen LogP contribution is -2.41. The molecule has 4 nitrogen and oxygen atoms in total. The second kappa shape index (κ2) is 9.10. The molecule has 0 atom stereocenters. The van der Waals surface area contributed by atoms with Crippen molar-refractivity contribution in [2.24, 2.45) is 0 Å². The lowest BCUT2D eigenvalue weighted by atomic mass is 9.83. The van der Waals surface area contributed by atoms with Gasteiger partial charge >= 0.3 is 5.97 Å². The molecule has 1 rings (SSSR count). The Bertz CT molecular complexity index is 518. The Morgan fingerprint density at radius 1 is 1.23 bits per heavy atom. The van der Waals surface area contributed by atoms with Crippen molar-refractivity contribution in [3.8, 4) is 0 Å². The second-order valence-electron chi connectivity index (χ2n) is 5.54. The van der Waals surface area contributed by atoms with Crippen molar-refractivity contribution >= 4 is 33.5 Å². The molecule has 0 aliphatic carbocycles. The number of benzene rings is 1. The quantitative estimate of drug-likeness (QED) is 0.533. The number of nitrogens with one attached hydrogen (secondary N) is 1. The maximum atomic E-state index is 12.3. The number of carboxylic acid groups (broad SMARTS) is 1. The summed E-state index contributed by atoms with van der Waals surface area (Å²) in [6, 6.07) is 8.00. The topological polar surface area (TPSA) is 66.4 Å². The third kappa shape index (κ3) is 6.32. The van der Waals surface area contributed by atoms with Crippen LogP contribution in [0.2, 0.25) is 0 Å². The molecule has 0 unspecified atom stereocenters. The van der Waals surface area contributed by atoms with Crippen LogP contribution in [0.25, 0.3) is 0 Å². The lowest BCUT2D eigenvalue weighted by Gasteiger charge is -2.24. The van der Waals surface area contributed by atoms with E-state index in [1.165, 1.54) is 10.8 Å². The zero-order chi connectivity index (χ0) is 16.6.